The summed E-state index contributed by atoms with van der Waals surface area (Å²) >= 11 is 0. The molecule has 2 fully saturated rings. The summed E-state index contributed by atoms with van der Waals surface area (Å²) in [5.74, 6) is 1.28. The first-order valence-electron chi connectivity index (χ1n) is 12.5. The second-order valence-electron chi connectivity index (χ2n) is 9.85. The molecule has 7 heteroatoms. The van der Waals surface area contributed by atoms with Crippen molar-refractivity contribution in [2.45, 2.75) is 55.9 Å². The van der Waals surface area contributed by atoms with Gasteiger partial charge in [0.05, 0.1) is 23.1 Å². The topological polar surface area (TPSA) is 73.6 Å². The Morgan fingerprint density at radius 3 is 2.26 bits per heavy atom. The summed E-state index contributed by atoms with van der Waals surface area (Å²) in [6, 6.07) is 15.5. The first-order chi connectivity index (χ1) is 16.5. The van der Waals surface area contributed by atoms with Gasteiger partial charge in [-0.1, -0.05) is 12.5 Å². The van der Waals surface area contributed by atoms with Gasteiger partial charge >= 0.3 is 0 Å². The Bertz CT molecular complexity index is 1140. The lowest BCUT2D eigenvalue weighted by Gasteiger charge is -2.36. The van der Waals surface area contributed by atoms with Crippen LogP contribution in [0.2, 0.25) is 0 Å². The highest BCUT2D eigenvalue weighted by Gasteiger charge is 2.30. The van der Waals surface area contributed by atoms with Crippen LogP contribution in [-0.4, -0.2) is 56.5 Å². The molecule has 1 saturated carbocycles. The maximum atomic E-state index is 12.9. The van der Waals surface area contributed by atoms with Crippen LogP contribution in [0.5, 0.6) is 5.75 Å². The van der Waals surface area contributed by atoms with Crippen LogP contribution in [0, 0.1) is 17.2 Å². The molecule has 0 N–H and O–H groups in total. The first kappa shape index (κ1) is 23.3. The molecule has 0 spiro atoms. The van der Waals surface area contributed by atoms with E-state index in [0.29, 0.717) is 31.2 Å². The molecule has 1 aliphatic carbocycles. The minimum Gasteiger partial charge on any atom is -0.493 e. The number of nitriles is 1. The maximum absolute atomic E-state index is 12.9. The summed E-state index contributed by atoms with van der Waals surface area (Å²) < 4.78 is 33.6. The summed E-state index contributed by atoms with van der Waals surface area (Å²) in [4.78, 5) is 2.92. The third kappa shape index (κ3) is 5.00. The highest BCUT2D eigenvalue weighted by molar-refractivity contribution is 7.89. The van der Waals surface area contributed by atoms with Gasteiger partial charge in [0.1, 0.15) is 5.75 Å². The van der Waals surface area contributed by atoms with E-state index in [1.807, 2.05) is 6.07 Å². The van der Waals surface area contributed by atoms with Crippen molar-refractivity contribution in [1.29, 1.82) is 5.26 Å². The minimum atomic E-state index is -3.52. The summed E-state index contributed by atoms with van der Waals surface area (Å²) in [6.45, 7) is 3.93. The Balaban J connectivity index is 1.13. The van der Waals surface area contributed by atoms with E-state index >= 15 is 0 Å². The highest BCUT2D eigenvalue weighted by atomic mass is 32.2. The van der Waals surface area contributed by atoms with E-state index in [-0.39, 0.29) is 4.90 Å². The molecule has 0 radical (unpaired) electrons. The zero-order valence-electron chi connectivity index (χ0n) is 19.7. The fourth-order valence-electron chi connectivity index (χ4n) is 5.31. The molecule has 0 amide bonds. The number of sulfonamides is 1. The molecule has 180 valence electrons. The van der Waals surface area contributed by atoms with Gasteiger partial charge in [0.15, 0.2) is 0 Å². The molecule has 5 rings (SSSR count). The largest absolute Gasteiger partial charge is 0.493 e. The van der Waals surface area contributed by atoms with Crippen LogP contribution in [0.25, 0.3) is 0 Å². The number of benzene rings is 2. The molecule has 0 atom stereocenters. The molecule has 0 bridgehead atoms. The average Bonchev–Trinajstić information content (AvgIpc) is 3.04. The quantitative estimate of drug-likeness (QED) is 0.626. The molecular weight excluding hydrogens is 446 g/mol. The van der Waals surface area contributed by atoms with Gasteiger partial charge in [0.25, 0.3) is 0 Å². The molecule has 2 heterocycles. The minimum absolute atomic E-state index is 0.252. The van der Waals surface area contributed by atoms with Gasteiger partial charge in [-0.25, -0.2) is 8.42 Å². The van der Waals surface area contributed by atoms with Gasteiger partial charge in [0, 0.05) is 32.2 Å². The van der Waals surface area contributed by atoms with Crippen LogP contribution in [0.3, 0.4) is 0 Å². The number of ether oxygens (including phenoxy) is 1. The standard InChI is InChI=1S/C27H33N3O3S/c28-19-21-4-8-27(9-5-21)34(31,32)30-16-10-22(11-17-30)20-33-26-7-6-23-12-14-29(25-2-1-3-25)15-13-24(23)18-26/h4-9,18,22,25H,1-3,10-17,20H2. The molecule has 0 aromatic heterocycles. The number of hydrogen-bond acceptors (Lipinski definition) is 5. The second-order valence-corrected chi connectivity index (χ2v) is 11.8. The molecule has 6 nitrogen and oxygen atoms in total. The zero-order chi connectivity index (χ0) is 23.5. The smallest absolute Gasteiger partial charge is 0.243 e. The summed E-state index contributed by atoms with van der Waals surface area (Å²) in [7, 11) is -3.52. The Labute approximate surface area is 203 Å². The number of nitrogens with zero attached hydrogens (tertiary/aromatic N) is 3. The van der Waals surface area contributed by atoms with E-state index in [2.05, 4.69) is 23.1 Å². The van der Waals surface area contributed by atoms with E-state index in [4.69, 9.17) is 10.00 Å². The first-order valence-corrected chi connectivity index (χ1v) is 14.0. The van der Waals surface area contributed by atoms with E-state index in [0.717, 1.165) is 44.0 Å². The van der Waals surface area contributed by atoms with E-state index in [1.54, 1.807) is 16.4 Å². The molecule has 2 aliphatic heterocycles. The lowest BCUT2D eigenvalue weighted by atomic mass is 9.91. The van der Waals surface area contributed by atoms with E-state index in [9.17, 15) is 8.42 Å². The van der Waals surface area contributed by atoms with Crippen molar-refractivity contribution < 1.29 is 13.2 Å². The van der Waals surface area contributed by atoms with Crippen LogP contribution >= 0.6 is 0 Å². The van der Waals surface area contributed by atoms with Gasteiger partial charge in [-0.05, 0) is 92.0 Å². The fourth-order valence-corrected chi connectivity index (χ4v) is 6.78. The van der Waals surface area contributed by atoms with Crippen LogP contribution in [0.4, 0.5) is 0 Å². The molecule has 2 aromatic carbocycles. The lowest BCUT2D eigenvalue weighted by molar-refractivity contribution is 0.133. The zero-order valence-corrected chi connectivity index (χ0v) is 20.5. The number of fused-ring (bicyclic) bond motifs is 1. The molecule has 34 heavy (non-hydrogen) atoms. The number of piperidine rings is 1. The number of hydrogen-bond donors (Lipinski definition) is 0. The highest BCUT2D eigenvalue weighted by Crippen LogP contribution is 2.29. The normalized spacial score (nSPS) is 20.7. The van der Waals surface area contributed by atoms with Crippen LogP contribution in [0.1, 0.15) is 48.8 Å². The summed E-state index contributed by atoms with van der Waals surface area (Å²) in [5, 5.41) is 8.93. The van der Waals surface area contributed by atoms with Crippen molar-refractivity contribution >= 4 is 10.0 Å². The molecular formula is C27H33N3O3S. The van der Waals surface area contributed by atoms with Gasteiger partial charge in [0.2, 0.25) is 10.0 Å². The molecule has 1 saturated heterocycles. The van der Waals surface area contributed by atoms with Crippen molar-refractivity contribution in [3.8, 4) is 11.8 Å². The third-order valence-electron chi connectivity index (χ3n) is 7.79. The Hall–Kier alpha value is -2.40. The Kier molecular flexibility index (Phi) is 6.91. The fraction of sp³-hybridized carbons (Fsp3) is 0.519. The van der Waals surface area contributed by atoms with Gasteiger partial charge in [-0.3, -0.25) is 4.90 Å². The van der Waals surface area contributed by atoms with Crippen LogP contribution < -0.4 is 4.74 Å². The van der Waals surface area contributed by atoms with Crippen molar-refractivity contribution in [2.24, 2.45) is 5.92 Å². The summed E-state index contributed by atoms with van der Waals surface area (Å²) in [5.41, 5.74) is 3.33. The van der Waals surface area contributed by atoms with Gasteiger partial charge in [-0.15, -0.1) is 0 Å². The van der Waals surface area contributed by atoms with Gasteiger partial charge in [-0.2, -0.15) is 9.57 Å². The average molecular weight is 480 g/mol. The predicted molar refractivity (Wildman–Crippen MR) is 131 cm³/mol. The predicted octanol–water partition coefficient (Wildman–Crippen LogP) is 3.99. The van der Waals surface area contributed by atoms with Crippen LogP contribution in [-0.2, 0) is 22.9 Å². The third-order valence-corrected chi connectivity index (χ3v) is 9.70. The number of rotatable bonds is 6. The molecule has 0 unspecified atom stereocenters. The second kappa shape index (κ2) is 10.1. The molecule has 2 aromatic rings. The van der Waals surface area contributed by atoms with Gasteiger partial charge < -0.3 is 4.74 Å². The monoisotopic (exact) mass is 479 g/mol. The SMILES string of the molecule is N#Cc1ccc(S(=O)(=O)N2CCC(COc3ccc4c(c3)CCN(C3CCC3)CC4)CC2)cc1. The molecule has 3 aliphatic rings. The van der Waals surface area contributed by atoms with E-state index in [1.165, 1.54) is 49.1 Å². The van der Waals surface area contributed by atoms with Crippen molar-refractivity contribution in [1.82, 2.24) is 9.21 Å². The lowest BCUT2D eigenvalue weighted by Crippen LogP contribution is -2.41. The van der Waals surface area contributed by atoms with Crippen molar-refractivity contribution in [3.63, 3.8) is 0 Å². The summed E-state index contributed by atoms with van der Waals surface area (Å²) in [6.07, 6.45) is 7.89. The van der Waals surface area contributed by atoms with Crippen LogP contribution in [0.15, 0.2) is 47.4 Å². The Morgan fingerprint density at radius 2 is 1.62 bits per heavy atom. The van der Waals surface area contributed by atoms with Crippen molar-refractivity contribution in [2.75, 3.05) is 32.8 Å². The Morgan fingerprint density at radius 1 is 0.912 bits per heavy atom. The van der Waals surface area contributed by atoms with E-state index < -0.39 is 10.0 Å². The van der Waals surface area contributed by atoms with Crippen molar-refractivity contribution in [3.05, 3.63) is 59.2 Å². The maximum Gasteiger partial charge on any atom is 0.243 e.